The fourth-order valence-corrected chi connectivity index (χ4v) is 4.73. The maximum absolute atomic E-state index is 13.7. The molecular weight excluding hydrogens is 486 g/mol. The number of aliphatic carboxylic acids is 1. The highest BCUT2D eigenvalue weighted by Gasteiger charge is 2.58. The van der Waals surface area contributed by atoms with Crippen molar-refractivity contribution in [2.24, 2.45) is 0 Å². The summed E-state index contributed by atoms with van der Waals surface area (Å²) >= 11 is 0. The van der Waals surface area contributed by atoms with Crippen molar-refractivity contribution in [3.8, 4) is 5.75 Å². The molecule has 0 fully saturated rings. The number of nitrogens with zero attached hydrogens (tertiary/aromatic N) is 2. The number of carbonyl (C=O) groups is 3. The van der Waals surface area contributed by atoms with Crippen molar-refractivity contribution >= 4 is 34.9 Å². The van der Waals surface area contributed by atoms with Crippen molar-refractivity contribution in [1.82, 2.24) is 14.8 Å². The van der Waals surface area contributed by atoms with Gasteiger partial charge in [0.25, 0.3) is 0 Å². The summed E-state index contributed by atoms with van der Waals surface area (Å²) in [6.07, 6.45) is -0.0408. The van der Waals surface area contributed by atoms with Crippen LogP contribution in [0.25, 0.3) is 11.1 Å². The first-order chi connectivity index (χ1) is 18.4. The van der Waals surface area contributed by atoms with E-state index in [9.17, 15) is 19.5 Å². The smallest absolute Gasteiger partial charge is 0.421 e. The number of benzene rings is 3. The molecule has 0 radical (unpaired) electrons. The Labute approximate surface area is 219 Å². The molecule has 9 nitrogen and oxygen atoms in total. The normalized spacial score (nSPS) is 15.0. The van der Waals surface area contributed by atoms with Crippen LogP contribution in [0.3, 0.4) is 0 Å². The van der Waals surface area contributed by atoms with E-state index in [0.29, 0.717) is 53.9 Å². The molecule has 5 rings (SSSR count). The summed E-state index contributed by atoms with van der Waals surface area (Å²) in [6.45, 7) is 2.97. The number of carboxylic acid groups (broad SMARTS) is 1. The van der Waals surface area contributed by atoms with Crippen LogP contribution in [0.1, 0.15) is 46.0 Å². The standard InChI is InChI=1S/C29H27N3O6/c1-2-24(28(35)36)37-20-10-7-9-19(17-20)18-30-15-8-16-32(29-31-23-13-5-6-14-25(23)38-29)26(33)21-11-3-4-12-22(21)27(32)34/h3-7,9-14,17,24,30H,2,8,15-16,18H2,1H3/p+1. The number of carboxylic acids is 1. The van der Waals surface area contributed by atoms with Gasteiger partial charge in [0.1, 0.15) is 17.8 Å². The zero-order valence-electron chi connectivity index (χ0n) is 20.9. The number of aromatic nitrogens is 1. The fraction of sp³-hybridized carbons (Fsp3) is 0.241. The van der Waals surface area contributed by atoms with E-state index in [0.717, 1.165) is 5.56 Å². The number of quaternary nitrogens is 1. The predicted molar refractivity (Wildman–Crippen MR) is 141 cm³/mol. The molecule has 1 atom stereocenters. The molecule has 4 aromatic rings. The Balaban J connectivity index is 1.29. The number of amides is 2. The van der Waals surface area contributed by atoms with Gasteiger partial charge in [-0.1, -0.05) is 43.3 Å². The topological polar surface area (TPSA) is 119 Å². The van der Waals surface area contributed by atoms with Crippen molar-refractivity contribution in [2.75, 3.05) is 13.1 Å². The van der Waals surface area contributed by atoms with Gasteiger partial charge >= 0.3 is 23.8 Å². The van der Waals surface area contributed by atoms with Crippen molar-refractivity contribution in [3.05, 3.63) is 89.5 Å². The minimum atomic E-state index is -1.000. The van der Waals surface area contributed by atoms with Crippen LogP contribution in [0.2, 0.25) is 0 Å². The van der Waals surface area contributed by atoms with Gasteiger partial charge in [-0.25, -0.2) is 14.4 Å². The molecule has 1 aliphatic rings. The highest BCUT2D eigenvalue weighted by molar-refractivity contribution is 6.29. The number of ether oxygens (including phenoxy) is 1. The summed E-state index contributed by atoms with van der Waals surface area (Å²) in [6, 6.07) is 21.3. The highest BCUT2D eigenvalue weighted by atomic mass is 16.5. The molecule has 2 N–H and O–H groups in total. The molecule has 3 aromatic carbocycles. The largest absolute Gasteiger partial charge is 0.479 e. The lowest BCUT2D eigenvalue weighted by molar-refractivity contribution is -0.145. The average molecular weight is 515 g/mol. The molecule has 9 heteroatoms. The Morgan fingerprint density at radius 3 is 2.42 bits per heavy atom. The number of fused-ring (bicyclic) bond motifs is 2. The van der Waals surface area contributed by atoms with Gasteiger partial charge in [0.15, 0.2) is 11.7 Å². The molecule has 194 valence electrons. The number of imide groups is 1. The summed E-state index contributed by atoms with van der Waals surface area (Å²) in [5, 5.41) is 12.6. The van der Waals surface area contributed by atoms with Gasteiger partial charge in [-0.2, -0.15) is 4.98 Å². The number of rotatable bonds is 11. The molecule has 2 heterocycles. The zero-order valence-corrected chi connectivity index (χ0v) is 20.9. The van der Waals surface area contributed by atoms with Crippen LogP contribution >= 0.6 is 0 Å². The minimum Gasteiger partial charge on any atom is -0.479 e. The van der Waals surface area contributed by atoms with E-state index in [1.165, 1.54) is 0 Å². The average Bonchev–Trinajstić information content (AvgIpc) is 3.46. The Hall–Kier alpha value is -4.34. The Morgan fingerprint density at radius 1 is 1.03 bits per heavy atom. The van der Waals surface area contributed by atoms with Crippen molar-refractivity contribution in [3.63, 3.8) is 0 Å². The van der Waals surface area contributed by atoms with Crippen molar-refractivity contribution in [1.29, 1.82) is 0 Å². The van der Waals surface area contributed by atoms with Gasteiger partial charge in [0.05, 0.1) is 11.1 Å². The molecule has 0 aliphatic carbocycles. The van der Waals surface area contributed by atoms with Gasteiger partial charge < -0.3 is 19.6 Å². The van der Waals surface area contributed by atoms with Gasteiger partial charge in [-0.15, -0.1) is 4.48 Å². The van der Waals surface area contributed by atoms with Crippen LogP contribution in [0.4, 0.5) is 6.01 Å². The maximum atomic E-state index is 13.7. The van der Waals surface area contributed by atoms with E-state index < -0.39 is 16.6 Å². The fourth-order valence-electron chi connectivity index (χ4n) is 4.73. The van der Waals surface area contributed by atoms with E-state index in [-0.39, 0.29) is 24.4 Å². The molecular formula is C29H28N3O6+. The van der Waals surface area contributed by atoms with Gasteiger partial charge in [-0.05, 0) is 48.4 Å². The number of oxazole rings is 1. The second-order valence-corrected chi connectivity index (χ2v) is 9.18. The van der Waals surface area contributed by atoms with Crippen LogP contribution in [0, 0.1) is 0 Å². The van der Waals surface area contributed by atoms with Crippen LogP contribution in [0.15, 0.2) is 77.2 Å². The van der Waals surface area contributed by atoms with Crippen molar-refractivity contribution < 1.29 is 28.6 Å². The molecule has 38 heavy (non-hydrogen) atoms. The van der Waals surface area contributed by atoms with Crippen LogP contribution in [-0.4, -0.2) is 47.1 Å². The van der Waals surface area contributed by atoms with Crippen LogP contribution < -0.4 is 14.5 Å². The maximum Gasteiger partial charge on any atom is 0.421 e. The summed E-state index contributed by atoms with van der Waals surface area (Å²) in [5.74, 6) is -1.19. The van der Waals surface area contributed by atoms with Gasteiger partial charge in [-0.3, -0.25) is 0 Å². The predicted octanol–water partition coefficient (Wildman–Crippen LogP) is 4.55. The summed E-state index contributed by atoms with van der Waals surface area (Å²) in [4.78, 5) is 43.1. The first-order valence-electron chi connectivity index (χ1n) is 12.6. The SMILES string of the molecule is CCC(Oc1cccc(CNCCC[N+]2(c3nc4ccccc4o3)C(=O)c3ccccc3C2=O)c1)C(=O)O. The van der Waals surface area contributed by atoms with Gasteiger partial charge in [0, 0.05) is 19.5 Å². The Morgan fingerprint density at radius 2 is 1.74 bits per heavy atom. The number of hydrogen-bond acceptors (Lipinski definition) is 7. The lowest BCUT2D eigenvalue weighted by Crippen LogP contribution is -2.55. The van der Waals surface area contributed by atoms with E-state index in [4.69, 9.17) is 9.15 Å². The van der Waals surface area contributed by atoms with E-state index >= 15 is 0 Å². The number of nitrogens with one attached hydrogen (secondary N) is 1. The lowest BCUT2D eigenvalue weighted by atomic mass is 10.1. The quantitative estimate of drug-likeness (QED) is 0.170. The summed E-state index contributed by atoms with van der Waals surface area (Å²) < 4.78 is 10.9. The van der Waals surface area contributed by atoms with Crippen molar-refractivity contribution in [2.45, 2.75) is 32.4 Å². The second kappa shape index (κ2) is 10.6. The van der Waals surface area contributed by atoms with E-state index in [1.807, 2.05) is 24.3 Å². The number of para-hydroxylation sites is 2. The first kappa shape index (κ1) is 25.3. The van der Waals surface area contributed by atoms with Gasteiger partial charge in [0.2, 0.25) is 0 Å². The molecule has 0 bridgehead atoms. The van der Waals surface area contributed by atoms with E-state index in [2.05, 4.69) is 10.3 Å². The Kier molecular flexibility index (Phi) is 7.04. The van der Waals surface area contributed by atoms with Crippen LogP contribution in [-0.2, 0) is 11.3 Å². The zero-order chi connectivity index (χ0) is 26.7. The number of hydrogen-bond donors (Lipinski definition) is 2. The third-order valence-corrected chi connectivity index (χ3v) is 6.69. The molecule has 0 spiro atoms. The molecule has 1 unspecified atom stereocenters. The molecule has 0 saturated carbocycles. The Bertz CT molecular complexity index is 1440. The monoisotopic (exact) mass is 514 g/mol. The third kappa shape index (κ3) is 4.57. The van der Waals surface area contributed by atoms with Crippen LogP contribution in [0.5, 0.6) is 5.75 Å². The molecule has 1 aromatic heterocycles. The van der Waals surface area contributed by atoms with E-state index in [1.54, 1.807) is 55.5 Å². The molecule has 0 saturated heterocycles. The summed E-state index contributed by atoms with van der Waals surface area (Å²) in [5.41, 5.74) is 2.77. The molecule has 1 aliphatic heterocycles. The second-order valence-electron chi connectivity index (χ2n) is 9.18. The minimum absolute atomic E-state index is 0.0751. The first-order valence-corrected chi connectivity index (χ1v) is 12.6. The summed E-state index contributed by atoms with van der Waals surface area (Å²) in [7, 11) is 0. The lowest BCUT2D eigenvalue weighted by Gasteiger charge is -2.23. The third-order valence-electron chi connectivity index (χ3n) is 6.69. The molecule has 2 amide bonds. The number of carbonyl (C=O) groups excluding carboxylic acids is 2. The highest BCUT2D eigenvalue weighted by Crippen LogP contribution is 2.37.